The van der Waals surface area contributed by atoms with E-state index >= 15 is 0 Å². The highest BCUT2D eigenvalue weighted by molar-refractivity contribution is 7.15. The molecule has 3 nitrogen and oxygen atoms in total. The van der Waals surface area contributed by atoms with Crippen LogP contribution in [0, 0.1) is 6.92 Å². The maximum Gasteiger partial charge on any atom is 0.185 e. The first kappa shape index (κ1) is 12.8. The molecule has 1 fully saturated rings. The number of aryl methyl sites for hydroxylation is 1. The van der Waals surface area contributed by atoms with Crippen LogP contribution in [0.25, 0.3) is 0 Å². The number of aliphatic hydroxyl groups excluding tert-OH is 1. The van der Waals surface area contributed by atoms with Crippen molar-refractivity contribution in [2.24, 2.45) is 0 Å². The second kappa shape index (κ2) is 5.83. The zero-order valence-electron chi connectivity index (χ0n) is 10.8. The number of nitrogens with zero attached hydrogens (tertiary/aromatic N) is 2. The largest absolute Gasteiger partial charge is 0.391 e. The second-order valence-corrected chi connectivity index (χ2v) is 5.98. The molecule has 0 saturated heterocycles. The quantitative estimate of drug-likeness (QED) is 0.842. The highest BCUT2D eigenvalue weighted by Crippen LogP contribution is 2.30. The van der Waals surface area contributed by atoms with Crippen molar-refractivity contribution < 1.29 is 5.11 Å². The van der Waals surface area contributed by atoms with Gasteiger partial charge in [-0.2, -0.15) is 0 Å². The zero-order valence-corrected chi connectivity index (χ0v) is 11.6. The molecular weight excluding hydrogens is 232 g/mol. The fourth-order valence-electron chi connectivity index (χ4n) is 2.51. The molecule has 4 heteroatoms. The number of anilines is 1. The fraction of sp³-hybridized carbons (Fsp3) is 0.769. The summed E-state index contributed by atoms with van der Waals surface area (Å²) in [5.41, 5.74) is 0.980. The van der Waals surface area contributed by atoms with Crippen molar-refractivity contribution in [1.29, 1.82) is 0 Å². The Bertz CT molecular complexity index is 356. The van der Waals surface area contributed by atoms with Gasteiger partial charge in [-0.3, -0.25) is 0 Å². The molecule has 0 amide bonds. The molecular formula is C13H22N2OS. The molecule has 0 aromatic carbocycles. The molecule has 1 aromatic rings. The molecule has 0 bridgehead atoms. The van der Waals surface area contributed by atoms with Crippen molar-refractivity contribution in [3.8, 4) is 0 Å². The fourth-order valence-corrected chi connectivity index (χ4v) is 3.47. The molecule has 1 aromatic heterocycles. The molecule has 0 unspecified atom stereocenters. The number of rotatable bonds is 3. The standard InChI is InChI=1S/C13H22N2OS/c1-10-12(9-16)17-13(14-10)15(2)11-7-5-3-4-6-8-11/h11,16H,3-9H2,1-2H3. The summed E-state index contributed by atoms with van der Waals surface area (Å²) in [6.45, 7) is 2.09. The summed E-state index contributed by atoms with van der Waals surface area (Å²) >= 11 is 1.63. The van der Waals surface area contributed by atoms with Gasteiger partial charge in [0.25, 0.3) is 0 Å². The topological polar surface area (TPSA) is 36.4 Å². The second-order valence-electron chi connectivity index (χ2n) is 4.92. The summed E-state index contributed by atoms with van der Waals surface area (Å²) in [4.78, 5) is 7.89. The Morgan fingerprint density at radius 1 is 1.29 bits per heavy atom. The van der Waals surface area contributed by atoms with Crippen LogP contribution in [0.5, 0.6) is 0 Å². The van der Waals surface area contributed by atoms with Gasteiger partial charge in [0, 0.05) is 13.1 Å². The van der Waals surface area contributed by atoms with Gasteiger partial charge in [-0.15, -0.1) is 0 Å². The monoisotopic (exact) mass is 254 g/mol. The maximum atomic E-state index is 9.22. The lowest BCUT2D eigenvalue weighted by atomic mass is 10.1. The van der Waals surface area contributed by atoms with Crippen LogP contribution in [0.2, 0.25) is 0 Å². The van der Waals surface area contributed by atoms with Crippen molar-refractivity contribution in [3.05, 3.63) is 10.6 Å². The average molecular weight is 254 g/mol. The summed E-state index contributed by atoms with van der Waals surface area (Å²) in [5.74, 6) is 0. The van der Waals surface area contributed by atoms with Gasteiger partial charge >= 0.3 is 0 Å². The Morgan fingerprint density at radius 3 is 2.47 bits per heavy atom. The van der Waals surface area contributed by atoms with Crippen molar-refractivity contribution in [2.45, 2.75) is 58.1 Å². The molecule has 1 aliphatic rings. The summed E-state index contributed by atoms with van der Waals surface area (Å²) in [6, 6.07) is 0.634. The van der Waals surface area contributed by atoms with Gasteiger partial charge in [0.15, 0.2) is 5.13 Å². The van der Waals surface area contributed by atoms with Gasteiger partial charge in [-0.05, 0) is 19.8 Å². The van der Waals surface area contributed by atoms with Crippen molar-refractivity contribution >= 4 is 16.5 Å². The number of hydrogen-bond donors (Lipinski definition) is 1. The summed E-state index contributed by atoms with van der Waals surface area (Å²) in [5, 5.41) is 10.3. The Labute approximate surface area is 107 Å². The third-order valence-corrected chi connectivity index (χ3v) is 4.93. The van der Waals surface area contributed by atoms with Crippen LogP contribution in [-0.2, 0) is 6.61 Å². The smallest absolute Gasteiger partial charge is 0.185 e. The van der Waals surface area contributed by atoms with E-state index in [2.05, 4.69) is 16.9 Å². The first-order chi connectivity index (χ1) is 8.22. The molecule has 1 heterocycles. The lowest BCUT2D eigenvalue weighted by Gasteiger charge is -2.26. The highest BCUT2D eigenvalue weighted by Gasteiger charge is 2.20. The maximum absolute atomic E-state index is 9.22. The molecule has 0 aliphatic heterocycles. The predicted molar refractivity (Wildman–Crippen MR) is 72.7 cm³/mol. The van der Waals surface area contributed by atoms with Crippen molar-refractivity contribution in [3.63, 3.8) is 0 Å². The van der Waals surface area contributed by atoms with Crippen LogP contribution >= 0.6 is 11.3 Å². The number of aromatic nitrogens is 1. The molecule has 2 rings (SSSR count). The Balaban J connectivity index is 2.08. The SMILES string of the molecule is Cc1nc(N(C)C2CCCCCC2)sc1CO. The van der Waals surface area contributed by atoms with E-state index in [1.54, 1.807) is 11.3 Å². The predicted octanol–water partition coefficient (Wildman–Crippen LogP) is 3.10. The molecule has 0 radical (unpaired) electrons. The lowest BCUT2D eigenvalue weighted by molar-refractivity contribution is 0.284. The van der Waals surface area contributed by atoms with Gasteiger partial charge < -0.3 is 10.0 Å². The van der Waals surface area contributed by atoms with Crippen LogP contribution in [0.1, 0.15) is 49.1 Å². The third kappa shape index (κ3) is 2.99. The van der Waals surface area contributed by atoms with Crippen LogP contribution < -0.4 is 4.90 Å². The lowest BCUT2D eigenvalue weighted by Crippen LogP contribution is -2.30. The normalized spacial score (nSPS) is 18.1. The molecule has 1 N–H and O–H groups in total. The van der Waals surface area contributed by atoms with Gasteiger partial charge in [0.2, 0.25) is 0 Å². The first-order valence-electron chi connectivity index (χ1n) is 6.52. The van der Waals surface area contributed by atoms with Crippen LogP contribution in [-0.4, -0.2) is 23.2 Å². The van der Waals surface area contributed by atoms with E-state index in [9.17, 15) is 5.11 Å². The van der Waals surface area contributed by atoms with E-state index in [1.807, 2.05) is 6.92 Å². The van der Waals surface area contributed by atoms with Gasteiger partial charge in [-0.1, -0.05) is 37.0 Å². The van der Waals surface area contributed by atoms with E-state index in [-0.39, 0.29) is 6.61 Å². The van der Waals surface area contributed by atoms with E-state index in [0.29, 0.717) is 6.04 Å². The number of hydrogen-bond acceptors (Lipinski definition) is 4. The Hall–Kier alpha value is -0.610. The van der Waals surface area contributed by atoms with E-state index in [0.717, 1.165) is 15.7 Å². The molecule has 0 spiro atoms. The number of aliphatic hydroxyl groups is 1. The minimum Gasteiger partial charge on any atom is -0.391 e. The molecule has 17 heavy (non-hydrogen) atoms. The Kier molecular flexibility index (Phi) is 4.40. The summed E-state index contributed by atoms with van der Waals surface area (Å²) < 4.78 is 0. The average Bonchev–Trinajstić information content (AvgIpc) is 2.56. The van der Waals surface area contributed by atoms with Crippen LogP contribution in [0.15, 0.2) is 0 Å². The summed E-state index contributed by atoms with van der Waals surface area (Å²) in [6.07, 6.45) is 8.00. The Morgan fingerprint density at radius 2 is 1.94 bits per heavy atom. The molecule has 96 valence electrons. The summed E-state index contributed by atoms with van der Waals surface area (Å²) in [7, 11) is 2.15. The van der Waals surface area contributed by atoms with Crippen LogP contribution in [0.4, 0.5) is 5.13 Å². The minimum absolute atomic E-state index is 0.113. The first-order valence-corrected chi connectivity index (χ1v) is 7.34. The van der Waals surface area contributed by atoms with Crippen LogP contribution in [0.3, 0.4) is 0 Å². The minimum atomic E-state index is 0.113. The zero-order chi connectivity index (χ0) is 12.3. The van der Waals surface area contributed by atoms with Crippen molar-refractivity contribution in [2.75, 3.05) is 11.9 Å². The molecule has 1 saturated carbocycles. The van der Waals surface area contributed by atoms with E-state index in [1.165, 1.54) is 38.5 Å². The van der Waals surface area contributed by atoms with Crippen molar-refractivity contribution in [1.82, 2.24) is 4.98 Å². The van der Waals surface area contributed by atoms with E-state index < -0.39 is 0 Å². The highest BCUT2D eigenvalue weighted by atomic mass is 32.1. The van der Waals surface area contributed by atoms with E-state index in [4.69, 9.17) is 0 Å². The van der Waals surface area contributed by atoms with Gasteiger partial charge in [-0.25, -0.2) is 4.98 Å². The number of thiazole rings is 1. The molecule has 0 atom stereocenters. The van der Waals surface area contributed by atoms with Gasteiger partial charge in [0.1, 0.15) is 0 Å². The third-order valence-electron chi connectivity index (χ3n) is 3.70. The van der Waals surface area contributed by atoms with Gasteiger partial charge in [0.05, 0.1) is 17.2 Å². The molecule has 1 aliphatic carbocycles.